The first kappa shape index (κ1) is 31.0. The quantitative estimate of drug-likeness (QED) is 0.226. The number of carboxylic acid groups (broad SMARTS) is 1. The van der Waals surface area contributed by atoms with Crippen LogP contribution >= 0.6 is 0 Å². The summed E-state index contributed by atoms with van der Waals surface area (Å²) in [5.74, 6) is -0.138. The second-order valence-corrected chi connectivity index (χ2v) is 10.7. The van der Waals surface area contributed by atoms with Crippen LogP contribution in [0.1, 0.15) is 75.2 Å². The van der Waals surface area contributed by atoms with E-state index in [-0.39, 0.29) is 30.8 Å². The van der Waals surface area contributed by atoms with E-state index in [1.807, 2.05) is 36.4 Å². The molecule has 2 fully saturated rings. The van der Waals surface area contributed by atoms with E-state index < -0.39 is 24.7 Å². The number of aliphatic carboxylic acids is 1. The van der Waals surface area contributed by atoms with Crippen molar-refractivity contribution in [3.8, 4) is 5.75 Å². The fraction of sp³-hybridized carbons (Fsp3) is 0.531. The zero-order valence-corrected chi connectivity index (χ0v) is 23.9. The highest BCUT2D eigenvalue weighted by molar-refractivity contribution is 5.70. The third kappa shape index (κ3) is 9.55. The maximum Gasteiger partial charge on any atom is 0.307 e. The van der Waals surface area contributed by atoms with Gasteiger partial charge in [-0.1, -0.05) is 49.9 Å². The molecule has 7 unspecified atom stereocenters. The van der Waals surface area contributed by atoms with Crippen LogP contribution in [0.25, 0.3) is 0 Å². The second kappa shape index (κ2) is 15.3. The van der Waals surface area contributed by atoms with Crippen molar-refractivity contribution in [2.75, 3.05) is 13.2 Å². The predicted octanol–water partition coefficient (Wildman–Crippen LogP) is 5.47. The second-order valence-electron chi connectivity index (χ2n) is 10.7. The van der Waals surface area contributed by atoms with Gasteiger partial charge < -0.3 is 38.6 Å². The predicted molar refractivity (Wildman–Crippen MR) is 151 cm³/mol. The number of aliphatic hydroxyl groups is 1. The van der Waals surface area contributed by atoms with Gasteiger partial charge in [-0.05, 0) is 37.5 Å². The molecule has 0 radical (unpaired) electrons. The molecule has 0 bridgehead atoms. The van der Waals surface area contributed by atoms with Gasteiger partial charge in [-0.3, -0.25) is 4.79 Å². The number of carboxylic acids is 1. The van der Waals surface area contributed by atoms with Gasteiger partial charge in [0, 0.05) is 30.4 Å². The molecule has 0 aromatic heterocycles. The molecule has 9 nitrogen and oxygen atoms in total. The van der Waals surface area contributed by atoms with Crippen molar-refractivity contribution in [2.24, 2.45) is 0 Å². The molecule has 2 aliphatic heterocycles. The van der Waals surface area contributed by atoms with E-state index in [0.717, 1.165) is 29.7 Å². The average Bonchev–Trinajstić information content (AvgIpc) is 2.95. The fourth-order valence-corrected chi connectivity index (χ4v) is 5.26. The zero-order chi connectivity index (χ0) is 29.2. The number of carbonyl (C=O) groups is 1. The van der Waals surface area contributed by atoms with Crippen LogP contribution in [0, 0.1) is 0 Å². The van der Waals surface area contributed by atoms with Gasteiger partial charge in [-0.15, -0.1) is 0 Å². The Labute approximate surface area is 242 Å². The normalized spacial score (nSPS) is 27.1. The lowest BCUT2D eigenvalue weighted by Crippen LogP contribution is -2.40. The first-order valence-corrected chi connectivity index (χ1v) is 14.4. The van der Waals surface area contributed by atoms with Gasteiger partial charge in [0.15, 0.2) is 12.6 Å². The molecule has 2 heterocycles. The Morgan fingerprint density at radius 3 is 2.05 bits per heavy atom. The van der Waals surface area contributed by atoms with E-state index in [1.165, 1.54) is 6.26 Å². The topological polar surface area (TPSA) is 113 Å². The Morgan fingerprint density at radius 1 is 0.927 bits per heavy atom. The third-order valence-corrected chi connectivity index (χ3v) is 7.25. The molecule has 2 saturated heterocycles. The van der Waals surface area contributed by atoms with E-state index in [4.69, 9.17) is 33.5 Å². The average molecular weight is 571 g/mol. The Balaban J connectivity index is 1.41. The number of aliphatic hydroxyl groups excluding tert-OH is 1. The first-order valence-electron chi connectivity index (χ1n) is 14.4. The maximum absolute atomic E-state index is 11.1. The van der Waals surface area contributed by atoms with Gasteiger partial charge in [0.2, 0.25) is 0 Å². The summed E-state index contributed by atoms with van der Waals surface area (Å²) in [6.07, 6.45) is 2.80. The smallest absolute Gasteiger partial charge is 0.307 e. The number of benzene rings is 2. The van der Waals surface area contributed by atoms with Crippen LogP contribution in [0.2, 0.25) is 0 Å². The summed E-state index contributed by atoms with van der Waals surface area (Å²) < 4.78 is 36.1. The molecular weight excluding hydrogens is 528 g/mol. The number of rotatable bonds is 14. The molecule has 0 aliphatic carbocycles. The van der Waals surface area contributed by atoms with Crippen molar-refractivity contribution in [2.45, 2.75) is 95.5 Å². The van der Waals surface area contributed by atoms with Gasteiger partial charge in [-0.2, -0.15) is 0 Å². The summed E-state index contributed by atoms with van der Waals surface area (Å²) in [5, 5.41) is 19.1. The molecule has 2 N–H and O–H groups in total. The van der Waals surface area contributed by atoms with Gasteiger partial charge in [-0.25, -0.2) is 0 Å². The lowest BCUT2D eigenvalue weighted by molar-refractivity contribution is -0.279. The van der Waals surface area contributed by atoms with Crippen molar-refractivity contribution < 1.29 is 43.4 Å². The van der Waals surface area contributed by atoms with E-state index in [0.29, 0.717) is 38.0 Å². The maximum atomic E-state index is 11.1. The van der Waals surface area contributed by atoms with Crippen molar-refractivity contribution >= 4 is 5.97 Å². The van der Waals surface area contributed by atoms with Crippen LogP contribution in [-0.2, 0) is 34.9 Å². The first-order chi connectivity index (χ1) is 19.8. The van der Waals surface area contributed by atoms with E-state index in [1.54, 1.807) is 19.1 Å². The molecule has 224 valence electrons. The van der Waals surface area contributed by atoms with Crippen LogP contribution in [-0.4, -0.2) is 59.9 Å². The SMILES string of the molecule is C=COCCOc1ccc(C2OC(CC)CC(CC3CC(CC(C)O)OC(c4ccc(CC(=O)O)cc4)O3)O2)cc1. The molecule has 0 spiro atoms. The molecule has 2 aromatic carbocycles. The highest BCUT2D eigenvalue weighted by Crippen LogP contribution is 2.38. The molecule has 2 aliphatic rings. The van der Waals surface area contributed by atoms with Crippen LogP contribution < -0.4 is 4.74 Å². The fourth-order valence-electron chi connectivity index (χ4n) is 5.26. The van der Waals surface area contributed by atoms with E-state index in [9.17, 15) is 9.90 Å². The standard InChI is InChI=1S/C32H42O9/c1-4-25-18-28(40-31(38-25)24-10-12-26(13-11-24)37-15-14-36-5-2)20-29-19-27(16-21(3)33)39-32(41-29)23-8-6-22(7-9-23)17-30(34)35/h5-13,21,25,27-29,31-33H,2,4,14-20H2,1,3H3,(H,34,35). The summed E-state index contributed by atoms with van der Waals surface area (Å²) in [6, 6.07) is 15.0. The number of hydrogen-bond acceptors (Lipinski definition) is 8. The molecule has 7 atom stereocenters. The largest absolute Gasteiger partial charge is 0.498 e. The van der Waals surface area contributed by atoms with Crippen LogP contribution in [0.3, 0.4) is 0 Å². The molecule has 0 amide bonds. The molecular formula is C32H42O9. The molecule has 41 heavy (non-hydrogen) atoms. The van der Waals surface area contributed by atoms with Gasteiger partial charge in [0.1, 0.15) is 19.0 Å². The Morgan fingerprint density at radius 2 is 1.49 bits per heavy atom. The lowest BCUT2D eigenvalue weighted by Gasteiger charge is -2.40. The van der Waals surface area contributed by atoms with Gasteiger partial charge >= 0.3 is 5.97 Å². The number of ether oxygens (including phenoxy) is 6. The summed E-state index contributed by atoms with van der Waals surface area (Å²) in [4.78, 5) is 11.1. The molecule has 9 heteroatoms. The number of hydrogen-bond donors (Lipinski definition) is 2. The van der Waals surface area contributed by atoms with Crippen LogP contribution in [0.4, 0.5) is 0 Å². The Hall–Kier alpha value is -2.95. The van der Waals surface area contributed by atoms with Crippen molar-refractivity contribution in [3.63, 3.8) is 0 Å². The molecule has 0 saturated carbocycles. The van der Waals surface area contributed by atoms with Gasteiger partial charge in [0.05, 0.1) is 43.2 Å². The summed E-state index contributed by atoms with van der Waals surface area (Å²) in [5.41, 5.74) is 2.44. The highest BCUT2D eigenvalue weighted by atomic mass is 16.7. The minimum absolute atomic E-state index is 0.0404. The summed E-state index contributed by atoms with van der Waals surface area (Å²) in [6.45, 7) is 8.25. The van der Waals surface area contributed by atoms with Crippen molar-refractivity contribution in [1.82, 2.24) is 0 Å². The van der Waals surface area contributed by atoms with Gasteiger partial charge in [0.25, 0.3) is 0 Å². The van der Waals surface area contributed by atoms with Crippen molar-refractivity contribution in [1.29, 1.82) is 0 Å². The van der Waals surface area contributed by atoms with Crippen LogP contribution in [0.5, 0.6) is 5.75 Å². The molecule has 4 rings (SSSR count). The Kier molecular flexibility index (Phi) is 11.6. The zero-order valence-electron chi connectivity index (χ0n) is 23.9. The third-order valence-electron chi connectivity index (χ3n) is 7.25. The minimum Gasteiger partial charge on any atom is -0.498 e. The Bertz CT molecular complexity index is 1090. The highest BCUT2D eigenvalue weighted by Gasteiger charge is 2.37. The monoisotopic (exact) mass is 570 g/mol. The lowest BCUT2D eigenvalue weighted by atomic mass is 9.96. The minimum atomic E-state index is -0.876. The summed E-state index contributed by atoms with van der Waals surface area (Å²) >= 11 is 0. The summed E-state index contributed by atoms with van der Waals surface area (Å²) in [7, 11) is 0. The van der Waals surface area contributed by atoms with Crippen LogP contribution in [0.15, 0.2) is 61.4 Å². The van der Waals surface area contributed by atoms with Crippen molar-refractivity contribution in [3.05, 3.63) is 78.1 Å². The molecule has 2 aromatic rings. The van der Waals surface area contributed by atoms with E-state index in [2.05, 4.69) is 13.5 Å². The van der Waals surface area contributed by atoms with E-state index >= 15 is 0 Å².